The lowest BCUT2D eigenvalue weighted by Gasteiger charge is -2.38. The van der Waals surface area contributed by atoms with Gasteiger partial charge in [0.25, 0.3) is 5.56 Å². The molecule has 1 atom stereocenters. The van der Waals surface area contributed by atoms with Crippen LogP contribution in [0.2, 0.25) is 5.02 Å². The Balaban J connectivity index is 1.36. The van der Waals surface area contributed by atoms with Crippen LogP contribution in [0.25, 0.3) is 11.1 Å². The fourth-order valence-electron chi connectivity index (χ4n) is 5.97. The molecule has 0 aliphatic carbocycles. The van der Waals surface area contributed by atoms with E-state index in [0.717, 1.165) is 27.7 Å². The molecule has 0 unspecified atom stereocenters. The zero-order valence-corrected chi connectivity index (χ0v) is 26.2. The molecule has 1 saturated heterocycles. The molecule has 2 aromatic carbocycles. The number of carbonyl (C=O) groups is 2. The van der Waals surface area contributed by atoms with E-state index < -0.39 is 51.2 Å². The molecule has 15 heteroatoms. The summed E-state index contributed by atoms with van der Waals surface area (Å²) in [5.74, 6) is -2.13. The summed E-state index contributed by atoms with van der Waals surface area (Å²) in [5, 5.41) is 2.47. The number of nitrogens with zero attached hydrogens (tertiary/aromatic N) is 4. The molecule has 0 bridgehead atoms. The first kappa shape index (κ1) is 32.4. The Labute approximate surface area is 262 Å². The van der Waals surface area contributed by atoms with Gasteiger partial charge >= 0.3 is 11.7 Å². The largest absolute Gasteiger partial charge is 0.341 e. The van der Waals surface area contributed by atoms with E-state index in [-0.39, 0.29) is 47.1 Å². The van der Waals surface area contributed by atoms with Gasteiger partial charge in [0.05, 0.1) is 22.4 Å². The van der Waals surface area contributed by atoms with Crippen molar-refractivity contribution in [2.24, 2.45) is 0 Å². The number of piperidine rings is 1. The van der Waals surface area contributed by atoms with E-state index >= 15 is 0 Å². The van der Waals surface area contributed by atoms with Crippen molar-refractivity contribution < 1.29 is 26.8 Å². The van der Waals surface area contributed by atoms with Gasteiger partial charge in [0.15, 0.2) is 0 Å². The van der Waals surface area contributed by atoms with Crippen molar-refractivity contribution in [3.63, 3.8) is 0 Å². The molecular weight excluding hydrogens is 632 g/mol. The lowest BCUT2D eigenvalue weighted by molar-refractivity contribution is -0.133. The number of carbonyl (C=O) groups excluding carboxylic acids is 2. The second-order valence-electron chi connectivity index (χ2n) is 11.5. The van der Waals surface area contributed by atoms with Gasteiger partial charge in [-0.05, 0) is 56.0 Å². The number of fused-ring (bicyclic) bond motifs is 1. The fraction of sp³-hybridized carbons (Fsp3) is 0.400. The Morgan fingerprint density at radius 2 is 1.78 bits per heavy atom. The van der Waals surface area contributed by atoms with Crippen molar-refractivity contribution in [1.29, 1.82) is 0 Å². The fourth-order valence-corrected chi connectivity index (χ4v) is 7.23. The average Bonchev–Trinajstić information content (AvgIpc) is 3.13. The van der Waals surface area contributed by atoms with Gasteiger partial charge in [-0.2, -0.15) is 0 Å². The van der Waals surface area contributed by atoms with Gasteiger partial charge in [0.2, 0.25) is 5.91 Å². The molecule has 3 heterocycles. The number of urea groups is 1. The minimum atomic E-state index is -3.61. The molecule has 2 aliphatic heterocycles. The zero-order chi connectivity index (χ0) is 32.6. The van der Waals surface area contributed by atoms with Crippen LogP contribution in [0.15, 0.2) is 52.2 Å². The van der Waals surface area contributed by atoms with Crippen LogP contribution in [0.3, 0.4) is 0 Å². The maximum Gasteiger partial charge on any atom is 0.331 e. The molecule has 45 heavy (non-hydrogen) atoms. The number of amides is 3. The summed E-state index contributed by atoms with van der Waals surface area (Å²) in [6.07, 6.45) is 3.52. The SMILES string of the molecule is C[C@H](CS(C)(=O)=O)n1c(=O)c(-c2cccc(F)c2Cl)cn(CC(=O)N2CCC(N3CCc4cc(F)ccc4NC3=O)CC2)c1=O. The highest BCUT2D eigenvalue weighted by atomic mass is 35.5. The molecule has 3 aromatic rings. The van der Waals surface area contributed by atoms with E-state index in [1.165, 1.54) is 37.3 Å². The van der Waals surface area contributed by atoms with Gasteiger partial charge in [0.1, 0.15) is 28.0 Å². The quantitative estimate of drug-likeness (QED) is 0.413. The van der Waals surface area contributed by atoms with E-state index in [4.69, 9.17) is 11.6 Å². The summed E-state index contributed by atoms with van der Waals surface area (Å²) in [6.45, 7) is 1.88. The van der Waals surface area contributed by atoms with Crippen molar-refractivity contribution in [3.8, 4) is 11.1 Å². The lowest BCUT2D eigenvalue weighted by atomic mass is 10.0. The van der Waals surface area contributed by atoms with Gasteiger partial charge in [-0.25, -0.2) is 26.8 Å². The summed E-state index contributed by atoms with van der Waals surface area (Å²) in [7, 11) is -3.61. The predicted molar refractivity (Wildman–Crippen MR) is 165 cm³/mol. The van der Waals surface area contributed by atoms with E-state index in [9.17, 15) is 36.4 Å². The molecule has 0 radical (unpaired) electrons. The van der Waals surface area contributed by atoms with Crippen LogP contribution >= 0.6 is 11.6 Å². The highest BCUT2D eigenvalue weighted by Gasteiger charge is 2.32. The Bertz CT molecular complexity index is 1890. The molecule has 3 amide bonds. The summed E-state index contributed by atoms with van der Waals surface area (Å²) in [6, 6.07) is 6.50. The monoisotopic (exact) mass is 663 g/mol. The van der Waals surface area contributed by atoms with Crippen molar-refractivity contribution in [1.82, 2.24) is 18.9 Å². The van der Waals surface area contributed by atoms with Crippen LogP contribution in [0.1, 0.15) is 31.4 Å². The van der Waals surface area contributed by atoms with E-state index in [0.29, 0.717) is 37.1 Å². The minimum absolute atomic E-state index is 0.00963. The first-order valence-corrected chi connectivity index (χ1v) is 16.8. The number of hydrogen-bond acceptors (Lipinski definition) is 6. The molecule has 1 fully saturated rings. The number of hydrogen-bond donors (Lipinski definition) is 1. The first-order chi connectivity index (χ1) is 21.2. The maximum atomic E-state index is 14.3. The third kappa shape index (κ3) is 6.96. The van der Waals surface area contributed by atoms with Crippen LogP contribution in [0.5, 0.6) is 0 Å². The molecule has 1 aromatic heterocycles. The number of aromatic nitrogens is 2. The predicted octanol–water partition coefficient (Wildman–Crippen LogP) is 3.30. The van der Waals surface area contributed by atoms with E-state index in [1.807, 2.05) is 0 Å². The molecule has 240 valence electrons. The number of rotatable bonds is 7. The average molecular weight is 664 g/mol. The summed E-state index contributed by atoms with van der Waals surface area (Å²) >= 11 is 6.16. The molecule has 2 aliphatic rings. The Hall–Kier alpha value is -4.04. The topological polar surface area (TPSA) is 131 Å². The van der Waals surface area contributed by atoms with Crippen LogP contribution in [0.4, 0.5) is 19.3 Å². The van der Waals surface area contributed by atoms with Crippen LogP contribution in [-0.2, 0) is 27.6 Å². The number of halogens is 3. The van der Waals surface area contributed by atoms with Crippen LogP contribution < -0.4 is 16.6 Å². The van der Waals surface area contributed by atoms with E-state index in [2.05, 4.69) is 5.32 Å². The number of likely N-dealkylation sites (tertiary alicyclic amines) is 1. The number of anilines is 1. The van der Waals surface area contributed by atoms with Crippen molar-refractivity contribution in [2.75, 3.05) is 37.0 Å². The van der Waals surface area contributed by atoms with Gasteiger partial charge in [-0.15, -0.1) is 0 Å². The zero-order valence-electron chi connectivity index (χ0n) is 24.6. The summed E-state index contributed by atoms with van der Waals surface area (Å²) < 4.78 is 53.8. The molecule has 11 nitrogen and oxygen atoms in total. The first-order valence-electron chi connectivity index (χ1n) is 14.4. The standard InChI is InChI=1S/C30H32ClF2N5O6S/c1-18(17-45(2,43)44)38-28(40)23(22-4-3-5-24(33)27(22)31)15-36(30(38)42)16-26(39)35-11-9-21(10-12-35)37-13-8-19-14-20(32)6-7-25(19)34-29(37)41/h3-7,14-15,18,21H,8-13,16-17H2,1-2H3,(H,34,41)/t18-/m1/s1. The summed E-state index contributed by atoms with van der Waals surface area (Å²) in [4.78, 5) is 56.6. The molecule has 1 N–H and O–H groups in total. The number of sulfone groups is 1. The number of benzene rings is 2. The van der Waals surface area contributed by atoms with Crippen LogP contribution in [0, 0.1) is 11.6 Å². The van der Waals surface area contributed by atoms with Crippen molar-refractivity contribution >= 4 is 39.1 Å². The molecule has 0 spiro atoms. The third-order valence-electron chi connectivity index (χ3n) is 8.17. The Morgan fingerprint density at radius 1 is 1.07 bits per heavy atom. The summed E-state index contributed by atoms with van der Waals surface area (Å²) in [5.41, 5.74) is -0.673. The van der Waals surface area contributed by atoms with Gasteiger partial charge < -0.3 is 15.1 Å². The Kier molecular flexibility index (Phi) is 9.17. The van der Waals surface area contributed by atoms with Gasteiger partial charge in [-0.3, -0.25) is 18.7 Å². The van der Waals surface area contributed by atoms with Gasteiger partial charge in [0, 0.05) is 49.4 Å². The normalized spacial score (nSPS) is 16.6. The van der Waals surface area contributed by atoms with Gasteiger partial charge in [-0.1, -0.05) is 23.7 Å². The van der Waals surface area contributed by atoms with Crippen molar-refractivity contribution in [2.45, 2.75) is 44.8 Å². The molecule has 0 saturated carbocycles. The second-order valence-corrected chi connectivity index (χ2v) is 14.0. The Morgan fingerprint density at radius 3 is 2.47 bits per heavy atom. The molecule has 5 rings (SSSR count). The smallest absolute Gasteiger partial charge is 0.331 e. The molecular formula is C30H32ClF2N5O6S. The third-order valence-corrected chi connectivity index (χ3v) is 9.64. The van der Waals surface area contributed by atoms with E-state index in [1.54, 1.807) is 9.80 Å². The maximum absolute atomic E-state index is 14.3. The minimum Gasteiger partial charge on any atom is -0.341 e. The lowest BCUT2D eigenvalue weighted by Crippen LogP contribution is -2.51. The highest BCUT2D eigenvalue weighted by Crippen LogP contribution is 2.28. The number of nitrogens with one attached hydrogen (secondary N) is 1. The highest BCUT2D eigenvalue weighted by molar-refractivity contribution is 7.90. The van der Waals surface area contributed by atoms with Crippen LogP contribution in [-0.4, -0.2) is 77.0 Å². The second kappa shape index (κ2) is 12.8. The van der Waals surface area contributed by atoms with Crippen molar-refractivity contribution in [3.05, 3.63) is 85.7 Å².